The molecule has 0 spiro atoms. The van der Waals surface area contributed by atoms with Gasteiger partial charge in [-0.2, -0.15) is 11.8 Å². The zero-order chi connectivity index (χ0) is 11.4. The summed E-state index contributed by atoms with van der Waals surface area (Å²) >= 11 is 1.97. The molecule has 2 fully saturated rings. The highest BCUT2D eigenvalue weighted by atomic mass is 32.2. The molecule has 0 amide bonds. The normalized spacial score (nSPS) is 34.5. The van der Waals surface area contributed by atoms with Crippen LogP contribution in [0.2, 0.25) is 0 Å². The van der Waals surface area contributed by atoms with E-state index in [1.807, 2.05) is 11.8 Å². The van der Waals surface area contributed by atoms with Gasteiger partial charge in [-0.15, -0.1) is 0 Å². The molecule has 1 saturated carbocycles. The van der Waals surface area contributed by atoms with Gasteiger partial charge < -0.3 is 10.1 Å². The van der Waals surface area contributed by atoms with Crippen LogP contribution in [0.1, 0.15) is 32.1 Å². The Labute approximate surface area is 104 Å². The number of nitrogens with one attached hydrogen (secondary N) is 1. The Hall–Kier alpha value is 0.270. The molecule has 2 unspecified atom stereocenters. The van der Waals surface area contributed by atoms with E-state index in [4.69, 9.17) is 4.74 Å². The molecular weight excluding hydrogens is 218 g/mol. The maximum atomic E-state index is 6.03. The van der Waals surface area contributed by atoms with Crippen LogP contribution in [0.5, 0.6) is 0 Å². The van der Waals surface area contributed by atoms with E-state index < -0.39 is 0 Å². The van der Waals surface area contributed by atoms with Crippen LogP contribution in [0.15, 0.2) is 0 Å². The van der Waals surface area contributed by atoms with Gasteiger partial charge in [0, 0.05) is 18.6 Å². The van der Waals surface area contributed by atoms with Crippen molar-refractivity contribution in [2.45, 2.75) is 38.2 Å². The van der Waals surface area contributed by atoms with Gasteiger partial charge in [-0.25, -0.2) is 0 Å². The van der Waals surface area contributed by atoms with Gasteiger partial charge in [0.15, 0.2) is 0 Å². The lowest BCUT2D eigenvalue weighted by Gasteiger charge is -2.34. The maximum Gasteiger partial charge on any atom is 0.0672 e. The Morgan fingerprint density at radius 1 is 1.44 bits per heavy atom. The quantitative estimate of drug-likeness (QED) is 0.694. The Morgan fingerprint density at radius 2 is 2.25 bits per heavy atom. The van der Waals surface area contributed by atoms with E-state index in [1.54, 1.807) is 0 Å². The molecule has 0 aromatic carbocycles. The molecule has 0 radical (unpaired) electrons. The van der Waals surface area contributed by atoms with Gasteiger partial charge in [-0.1, -0.05) is 0 Å². The fourth-order valence-corrected chi connectivity index (χ4v) is 3.64. The zero-order valence-corrected chi connectivity index (χ0v) is 11.4. The van der Waals surface area contributed by atoms with Crippen molar-refractivity contribution in [1.82, 2.24) is 5.32 Å². The molecule has 94 valence electrons. The minimum absolute atomic E-state index is 0.450. The second-order valence-electron chi connectivity index (χ2n) is 5.37. The van der Waals surface area contributed by atoms with Crippen molar-refractivity contribution >= 4 is 11.8 Å². The molecule has 16 heavy (non-hydrogen) atoms. The van der Waals surface area contributed by atoms with Crippen molar-refractivity contribution in [3.63, 3.8) is 0 Å². The smallest absolute Gasteiger partial charge is 0.0672 e. The van der Waals surface area contributed by atoms with E-state index in [-0.39, 0.29) is 0 Å². The van der Waals surface area contributed by atoms with Crippen LogP contribution in [0.4, 0.5) is 0 Å². The summed E-state index contributed by atoms with van der Waals surface area (Å²) in [4.78, 5) is 0. The number of hydrogen-bond acceptors (Lipinski definition) is 3. The van der Waals surface area contributed by atoms with Gasteiger partial charge in [0.2, 0.25) is 0 Å². The Kier molecular flexibility index (Phi) is 4.57. The first kappa shape index (κ1) is 12.7. The van der Waals surface area contributed by atoms with Crippen molar-refractivity contribution in [1.29, 1.82) is 0 Å². The van der Waals surface area contributed by atoms with Crippen LogP contribution < -0.4 is 5.32 Å². The minimum Gasteiger partial charge on any atom is -0.377 e. The minimum atomic E-state index is 0.450. The summed E-state index contributed by atoms with van der Waals surface area (Å²) < 4.78 is 6.03. The number of thioether (sulfide) groups is 1. The Morgan fingerprint density at radius 3 is 2.88 bits per heavy atom. The second-order valence-corrected chi connectivity index (χ2v) is 6.35. The third-order valence-corrected chi connectivity index (χ3v) is 4.80. The molecule has 1 N–H and O–H groups in total. The van der Waals surface area contributed by atoms with Crippen LogP contribution >= 0.6 is 11.8 Å². The lowest BCUT2D eigenvalue weighted by atomic mass is 9.75. The summed E-state index contributed by atoms with van der Waals surface area (Å²) in [5.74, 6) is 2.17. The molecular formula is C13H25NOS. The molecule has 0 bridgehead atoms. The molecule has 2 rings (SSSR count). The molecule has 2 atom stereocenters. The number of ether oxygens (including phenoxy) is 1. The highest BCUT2D eigenvalue weighted by molar-refractivity contribution is 7.98. The van der Waals surface area contributed by atoms with Gasteiger partial charge in [-0.3, -0.25) is 0 Å². The summed E-state index contributed by atoms with van der Waals surface area (Å²) in [5, 5.41) is 3.40. The largest absolute Gasteiger partial charge is 0.377 e. The second kappa shape index (κ2) is 5.74. The summed E-state index contributed by atoms with van der Waals surface area (Å²) in [5.41, 5.74) is 0.450. The van der Waals surface area contributed by atoms with Crippen molar-refractivity contribution in [3.8, 4) is 0 Å². The van der Waals surface area contributed by atoms with E-state index in [2.05, 4.69) is 18.6 Å². The Balaban J connectivity index is 1.94. The summed E-state index contributed by atoms with van der Waals surface area (Å²) in [6.07, 6.45) is 9.52. The molecule has 3 heteroatoms. The van der Waals surface area contributed by atoms with Crippen LogP contribution in [-0.4, -0.2) is 38.3 Å². The molecule has 0 aromatic heterocycles. The lowest BCUT2D eigenvalue weighted by molar-refractivity contribution is 0.0272. The van der Waals surface area contributed by atoms with Crippen LogP contribution in [0, 0.1) is 11.3 Å². The van der Waals surface area contributed by atoms with Crippen LogP contribution in [0.25, 0.3) is 0 Å². The van der Waals surface area contributed by atoms with E-state index in [9.17, 15) is 0 Å². The molecule has 1 aliphatic carbocycles. The van der Waals surface area contributed by atoms with Gasteiger partial charge in [0.1, 0.15) is 0 Å². The fraction of sp³-hybridized carbons (Fsp3) is 1.00. The first-order valence-electron chi connectivity index (χ1n) is 6.57. The van der Waals surface area contributed by atoms with Crippen LogP contribution in [-0.2, 0) is 4.74 Å². The standard InChI is InChI=1S/C13H25NOS/c1-14-10-13(6-3-9-16-2)7-8-15-12(13)11-4-5-11/h11-12,14H,3-10H2,1-2H3. The molecule has 1 heterocycles. The van der Waals surface area contributed by atoms with E-state index >= 15 is 0 Å². The van der Waals surface area contributed by atoms with Gasteiger partial charge in [-0.05, 0) is 57.1 Å². The molecule has 1 aliphatic heterocycles. The highest BCUT2D eigenvalue weighted by Crippen LogP contribution is 2.49. The third kappa shape index (κ3) is 2.74. The van der Waals surface area contributed by atoms with Crippen molar-refractivity contribution in [2.24, 2.45) is 11.3 Å². The monoisotopic (exact) mass is 243 g/mol. The van der Waals surface area contributed by atoms with Crippen molar-refractivity contribution < 1.29 is 4.74 Å². The van der Waals surface area contributed by atoms with Gasteiger partial charge in [0.05, 0.1) is 6.10 Å². The number of rotatable bonds is 7. The third-order valence-electron chi connectivity index (χ3n) is 4.10. The van der Waals surface area contributed by atoms with E-state index in [0.717, 1.165) is 19.1 Å². The van der Waals surface area contributed by atoms with E-state index in [0.29, 0.717) is 11.5 Å². The van der Waals surface area contributed by atoms with Gasteiger partial charge >= 0.3 is 0 Å². The topological polar surface area (TPSA) is 21.3 Å². The maximum absolute atomic E-state index is 6.03. The molecule has 2 nitrogen and oxygen atoms in total. The van der Waals surface area contributed by atoms with E-state index in [1.165, 1.54) is 37.9 Å². The van der Waals surface area contributed by atoms with Crippen LogP contribution in [0.3, 0.4) is 0 Å². The molecule has 2 aliphatic rings. The van der Waals surface area contributed by atoms with Crippen molar-refractivity contribution in [3.05, 3.63) is 0 Å². The average molecular weight is 243 g/mol. The molecule has 1 saturated heterocycles. The number of hydrogen-bond donors (Lipinski definition) is 1. The van der Waals surface area contributed by atoms with Crippen molar-refractivity contribution in [2.75, 3.05) is 32.2 Å². The highest BCUT2D eigenvalue weighted by Gasteiger charge is 2.49. The van der Waals surface area contributed by atoms with Gasteiger partial charge in [0.25, 0.3) is 0 Å². The first-order valence-corrected chi connectivity index (χ1v) is 7.97. The SMILES string of the molecule is CNCC1(CCCSC)CCOC1C1CC1. The Bertz CT molecular complexity index is 220. The predicted molar refractivity (Wildman–Crippen MR) is 71.1 cm³/mol. The lowest BCUT2D eigenvalue weighted by Crippen LogP contribution is -2.41. The average Bonchev–Trinajstić information content (AvgIpc) is 3.03. The summed E-state index contributed by atoms with van der Waals surface area (Å²) in [6.45, 7) is 2.13. The zero-order valence-electron chi connectivity index (χ0n) is 10.6. The molecule has 0 aromatic rings. The predicted octanol–water partition coefficient (Wildman–Crippen LogP) is 2.53. The summed E-state index contributed by atoms with van der Waals surface area (Å²) in [6, 6.07) is 0. The first-order chi connectivity index (χ1) is 7.82. The summed E-state index contributed by atoms with van der Waals surface area (Å²) in [7, 11) is 2.08. The fourth-order valence-electron chi connectivity index (χ4n) is 3.21.